The maximum atomic E-state index is 12.3. The Bertz CT molecular complexity index is 550. The molecule has 0 saturated carbocycles. The van der Waals surface area contributed by atoms with Crippen molar-refractivity contribution in [2.45, 2.75) is 40.2 Å². The van der Waals surface area contributed by atoms with Crippen LogP contribution >= 0.6 is 11.8 Å². The summed E-state index contributed by atoms with van der Waals surface area (Å²) in [5.74, 6) is 0.0884. The fourth-order valence-electron chi connectivity index (χ4n) is 2.86. The van der Waals surface area contributed by atoms with Crippen LogP contribution in [-0.4, -0.2) is 41.3 Å². The summed E-state index contributed by atoms with van der Waals surface area (Å²) in [7, 11) is 0. The van der Waals surface area contributed by atoms with E-state index in [1.54, 1.807) is 25.6 Å². The van der Waals surface area contributed by atoms with Gasteiger partial charge in [-0.25, -0.2) is 9.59 Å². The molecule has 0 bridgehead atoms. The van der Waals surface area contributed by atoms with Gasteiger partial charge in [0.2, 0.25) is 0 Å². The van der Waals surface area contributed by atoms with Gasteiger partial charge in [0.15, 0.2) is 0 Å². The Balaban J connectivity index is 2.39. The number of esters is 2. The van der Waals surface area contributed by atoms with Crippen molar-refractivity contribution in [2.24, 2.45) is 5.92 Å². The van der Waals surface area contributed by atoms with Crippen LogP contribution in [0.5, 0.6) is 0 Å². The summed E-state index contributed by atoms with van der Waals surface area (Å²) in [6.07, 6.45) is 1.53. The van der Waals surface area contributed by atoms with Crippen molar-refractivity contribution in [3.05, 3.63) is 22.4 Å². The second kappa shape index (κ2) is 6.36. The second-order valence-corrected chi connectivity index (χ2v) is 6.79. The van der Waals surface area contributed by atoms with Crippen LogP contribution in [-0.2, 0) is 19.1 Å². The number of ether oxygens (including phenoxy) is 2. The fourth-order valence-corrected chi connectivity index (χ4v) is 4.26. The van der Waals surface area contributed by atoms with Crippen LogP contribution in [0.25, 0.3) is 0 Å². The van der Waals surface area contributed by atoms with Crippen molar-refractivity contribution in [3.8, 4) is 0 Å². The number of hydrogen-bond acceptors (Lipinski definition) is 6. The molecule has 2 aliphatic rings. The zero-order valence-corrected chi connectivity index (χ0v) is 14.6. The highest BCUT2D eigenvalue weighted by Gasteiger charge is 2.51. The first-order valence-corrected chi connectivity index (χ1v) is 8.54. The predicted molar refractivity (Wildman–Crippen MR) is 85.9 cm³/mol. The lowest BCUT2D eigenvalue weighted by atomic mass is 9.86. The zero-order valence-electron chi connectivity index (χ0n) is 13.8. The SMILES string of the molecule is CCOC(=O)C=C1CSC2=C(C(=O)OCC)C(C)C(C)(C)N12. The van der Waals surface area contributed by atoms with Crippen molar-refractivity contribution < 1.29 is 19.1 Å². The van der Waals surface area contributed by atoms with E-state index in [1.165, 1.54) is 6.08 Å². The molecule has 1 saturated heterocycles. The van der Waals surface area contributed by atoms with Gasteiger partial charge in [0.1, 0.15) is 0 Å². The van der Waals surface area contributed by atoms with Gasteiger partial charge in [0.05, 0.1) is 23.8 Å². The summed E-state index contributed by atoms with van der Waals surface area (Å²) in [4.78, 5) is 26.1. The van der Waals surface area contributed by atoms with Crippen LogP contribution in [0.15, 0.2) is 22.4 Å². The molecule has 122 valence electrons. The van der Waals surface area contributed by atoms with E-state index >= 15 is 0 Å². The van der Waals surface area contributed by atoms with E-state index in [-0.39, 0.29) is 23.4 Å². The quantitative estimate of drug-likeness (QED) is 0.585. The number of carbonyl (C=O) groups excluding carboxylic acids is 2. The number of carbonyl (C=O) groups is 2. The maximum absolute atomic E-state index is 12.3. The maximum Gasteiger partial charge on any atom is 0.337 e. The molecule has 1 fully saturated rings. The lowest BCUT2D eigenvalue weighted by molar-refractivity contribution is -0.139. The highest BCUT2D eigenvalue weighted by atomic mass is 32.2. The van der Waals surface area contributed by atoms with Gasteiger partial charge in [-0.2, -0.15) is 0 Å². The molecule has 1 unspecified atom stereocenters. The smallest absolute Gasteiger partial charge is 0.337 e. The first-order chi connectivity index (χ1) is 10.3. The molecule has 0 amide bonds. The van der Waals surface area contributed by atoms with E-state index in [2.05, 4.69) is 18.7 Å². The average Bonchev–Trinajstić information content (AvgIpc) is 2.91. The third-order valence-electron chi connectivity index (χ3n) is 4.21. The summed E-state index contributed by atoms with van der Waals surface area (Å²) >= 11 is 1.58. The number of nitrogens with zero attached hydrogens (tertiary/aromatic N) is 1. The summed E-state index contributed by atoms with van der Waals surface area (Å²) in [5.41, 5.74) is 1.32. The lowest BCUT2D eigenvalue weighted by Gasteiger charge is -2.36. The highest BCUT2D eigenvalue weighted by Crippen LogP contribution is 2.53. The average molecular weight is 325 g/mol. The van der Waals surface area contributed by atoms with Crippen molar-refractivity contribution in [1.29, 1.82) is 0 Å². The molecule has 22 heavy (non-hydrogen) atoms. The van der Waals surface area contributed by atoms with Crippen LogP contribution in [0.2, 0.25) is 0 Å². The summed E-state index contributed by atoms with van der Waals surface area (Å²) in [5, 5.41) is 0.909. The van der Waals surface area contributed by atoms with Crippen LogP contribution < -0.4 is 0 Å². The van der Waals surface area contributed by atoms with E-state index in [0.717, 1.165) is 10.7 Å². The lowest BCUT2D eigenvalue weighted by Crippen LogP contribution is -2.41. The molecule has 0 aliphatic carbocycles. The van der Waals surface area contributed by atoms with Gasteiger partial charge < -0.3 is 14.4 Å². The molecule has 2 rings (SSSR count). The first kappa shape index (κ1) is 16.9. The summed E-state index contributed by atoms with van der Waals surface area (Å²) < 4.78 is 10.2. The minimum absolute atomic E-state index is 0.0277. The topological polar surface area (TPSA) is 55.8 Å². The Hall–Kier alpha value is -1.43. The van der Waals surface area contributed by atoms with Crippen molar-refractivity contribution in [2.75, 3.05) is 19.0 Å². The Morgan fingerprint density at radius 1 is 1.32 bits per heavy atom. The Morgan fingerprint density at radius 2 is 1.95 bits per heavy atom. The standard InChI is InChI=1S/C16H23NO4S/c1-6-20-12(18)8-11-9-22-14-13(15(19)21-7-2)10(3)16(4,5)17(11)14/h8,10H,6-7,9H2,1-5H3. The molecule has 0 aromatic rings. The molecule has 0 N–H and O–H groups in total. The number of thioether (sulfide) groups is 1. The van der Waals surface area contributed by atoms with E-state index in [4.69, 9.17) is 9.47 Å². The van der Waals surface area contributed by atoms with Crippen LogP contribution in [0.4, 0.5) is 0 Å². The van der Waals surface area contributed by atoms with Gasteiger partial charge >= 0.3 is 11.9 Å². The predicted octanol–water partition coefficient (Wildman–Crippen LogP) is 2.69. The number of fused-ring (bicyclic) bond motifs is 1. The van der Waals surface area contributed by atoms with Crippen molar-refractivity contribution in [3.63, 3.8) is 0 Å². The van der Waals surface area contributed by atoms with Crippen LogP contribution in [0, 0.1) is 5.92 Å². The van der Waals surface area contributed by atoms with Gasteiger partial charge in [0.25, 0.3) is 0 Å². The van der Waals surface area contributed by atoms with Gasteiger partial charge in [-0.3, -0.25) is 0 Å². The van der Waals surface area contributed by atoms with E-state index in [1.807, 2.05) is 6.92 Å². The molecule has 0 aromatic carbocycles. The molecule has 6 heteroatoms. The van der Waals surface area contributed by atoms with E-state index in [9.17, 15) is 9.59 Å². The van der Waals surface area contributed by atoms with Gasteiger partial charge in [-0.15, -0.1) is 11.8 Å². The van der Waals surface area contributed by atoms with Gasteiger partial charge in [-0.1, -0.05) is 6.92 Å². The van der Waals surface area contributed by atoms with Crippen molar-refractivity contribution in [1.82, 2.24) is 4.90 Å². The van der Waals surface area contributed by atoms with Crippen LogP contribution in [0.1, 0.15) is 34.6 Å². The molecule has 0 radical (unpaired) electrons. The van der Waals surface area contributed by atoms with Crippen LogP contribution in [0.3, 0.4) is 0 Å². The fraction of sp³-hybridized carbons (Fsp3) is 0.625. The molecule has 2 aliphatic heterocycles. The highest BCUT2D eigenvalue weighted by molar-refractivity contribution is 8.03. The molecule has 0 aromatic heterocycles. The second-order valence-electron chi connectivity index (χ2n) is 5.83. The molecule has 0 spiro atoms. The molecular formula is C16H23NO4S. The number of hydrogen-bond donors (Lipinski definition) is 0. The van der Waals surface area contributed by atoms with E-state index < -0.39 is 0 Å². The third kappa shape index (κ3) is 2.76. The normalized spacial score (nSPS) is 24.7. The van der Waals surface area contributed by atoms with Gasteiger partial charge in [-0.05, 0) is 27.7 Å². The summed E-state index contributed by atoms with van der Waals surface area (Å²) in [6, 6.07) is 0. The van der Waals surface area contributed by atoms with Crippen molar-refractivity contribution >= 4 is 23.7 Å². The Morgan fingerprint density at radius 3 is 2.55 bits per heavy atom. The molecule has 5 nitrogen and oxygen atoms in total. The molecular weight excluding hydrogens is 302 g/mol. The molecule has 2 heterocycles. The third-order valence-corrected chi connectivity index (χ3v) is 5.33. The van der Waals surface area contributed by atoms with Gasteiger partial charge in [0, 0.05) is 29.0 Å². The minimum Gasteiger partial charge on any atom is -0.463 e. The Labute approximate surface area is 135 Å². The Kier molecular flexibility index (Phi) is 4.90. The summed E-state index contributed by atoms with van der Waals surface area (Å²) in [6.45, 7) is 10.5. The number of rotatable bonds is 4. The van der Waals surface area contributed by atoms with E-state index in [0.29, 0.717) is 24.5 Å². The molecule has 1 atom stereocenters. The monoisotopic (exact) mass is 325 g/mol. The largest absolute Gasteiger partial charge is 0.463 e. The first-order valence-electron chi connectivity index (χ1n) is 7.56. The minimum atomic E-state index is -0.340. The zero-order chi connectivity index (χ0) is 16.5.